The van der Waals surface area contributed by atoms with Crippen LogP contribution >= 0.6 is 0 Å². The Kier molecular flexibility index (Phi) is 6.07. The lowest BCUT2D eigenvalue weighted by Gasteiger charge is -2.33. The lowest BCUT2D eigenvalue weighted by molar-refractivity contribution is -0.134. The molecule has 0 radical (unpaired) electrons. The van der Waals surface area contributed by atoms with E-state index in [1.165, 1.54) is 0 Å². The molecule has 4 nitrogen and oxygen atoms in total. The molecule has 1 heterocycles. The first-order valence-electron chi connectivity index (χ1n) is 8.01. The fraction of sp³-hybridized carbons (Fsp3) is 0.529. The maximum Gasteiger partial charge on any atom is 0.254 e. The highest BCUT2D eigenvalue weighted by Gasteiger charge is 2.22. The number of halogens is 2. The fourth-order valence-electron chi connectivity index (χ4n) is 2.82. The van der Waals surface area contributed by atoms with Crippen molar-refractivity contribution in [2.75, 3.05) is 13.1 Å². The molecule has 2 rings (SSSR count). The first-order valence-corrected chi connectivity index (χ1v) is 8.01. The van der Waals surface area contributed by atoms with Crippen molar-refractivity contribution in [1.29, 1.82) is 0 Å². The molecule has 2 amide bonds. The number of piperidine rings is 1. The van der Waals surface area contributed by atoms with Gasteiger partial charge in [0.25, 0.3) is 5.91 Å². The Bertz CT molecular complexity index is 578. The third-order valence-electron chi connectivity index (χ3n) is 4.15. The molecule has 1 atom stereocenters. The van der Waals surface area contributed by atoms with Crippen LogP contribution in [-0.4, -0.2) is 35.8 Å². The quantitative estimate of drug-likeness (QED) is 0.847. The summed E-state index contributed by atoms with van der Waals surface area (Å²) in [6, 6.07) is 3.11. The Hall–Kier alpha value is -1.98. The van der Waals surface area contributed by atoms with E-state index in [1.807, 2.05) is 4.90 Å². The molecule has 1 aromatic rings. The number of hydrogen-bond donors (Lipinski definition) is 1. The monoisotopic (exact) mass is 324 g/mol. The molecule has 6 heteroatoms. The van der Waals surface area contributed by atoms with Crippen molar-refractivity contribution < 1.29 is 18.4 Å². The Morgan fingerprint density at radius 3 is 2.78 bits per heavy atom. The molecule has 1 fully saturated rings. The molecule has 23 heavy (non-hydrogen) atoms. The summed E-state index contributed by atoms with van der Waals surface area (Å²) >= 11 is 0. The molecular formula is C17H22F2N2O2. The number of carbonyl (C=O) groups is 2. The van der Waals surface area contributed by atoms with E-state index >= 15 is 0 Å². The van der Waals surface area contributed by atoms with Crippen molar-refractivity contribution in [3.63, 3.8) is 0 Å². The van der Waals surface area contributed by atoms with Gasteiger partial charge in [-0.25, -0.2) is 8.78 Å². The van der Waals surface area contributed by atoms with Crippen molar-refractivity contribution in [1.82, 2.24) is 10.2 Å². The molecule has 0 aliphatic carbocycles. The van der Waals surface area contributed by atoms with Gasteiger partial charge in [0.05, 0.1) is 5.56 Å². The Labute approximate surface area is 134 Å². The smallest absolute Gasteiger partial charge is 0.254 e. The van der Waals surface area contributed by atoms with Gasteiger partial charge in [0.2, 0.25) is 5.91 Å². The lowest BCUT2D eigenvalue weighted by Crippen LogP contribution is -2.42. The minimum atomic E-state index is -0.888. The van der Waals surface area contributed by atoms with E-state index in [9.17, 15) is 18.4 Å². The van der Waals surface area contributed by atoms with Crippen LogP contribution < -0.4 is 5.32 Å². The normalized spacial score (nSPS) is 17.9. The molecule has 1 aliphatic rings. The molecule has 1 aromatic carbocycles. The standard InChI is InChI=1S/C17H22F2N2O2/c1-12-5-2-3-10-21(12)16(22)6-4-9-20-17(23)14-8-7-13(18)11-15(14)19/h7-8,11-12H,2-6,9-10H2,1H3,(H,20,23). The first-order chi connectivity index (χ1) is 11.0. The third kappa shape index (κ3) is 4.74. The third-order valence-corrected chi connectivity index (χ3v) is 4.15. The summed E-state index contributed by atoms with van der Waals surface area (Å²) < 4.78 is 26.3. The zero-order valence-electron chi connectivity index (χ0n) is 13.3. The summed E-state index contributed by atoms with van der Waals surface area (Å²) in [5.41, 5.74) is -0.192. The number of carbonyl (C=O) groups excluding carboxylic acids is 2. The van der Waals surface area contributed by atoms with E-state index < -0.39 is 17.5 Å². The number of rotatable bonds is 5. The van der Waals surface area contributed by atoms with E-state index in [0.29, 0.717) is 18.9 Å². The van der Waals surface area contributed by atoms with Crippen LogP contribution in [0.1, 0.15) is 49.4 Å². The molecule has 1 N–H and O–H groups in total. The van der Waals surface area contributed by atoms with Gasteiger partial charge in [-0.3, -0.25) is 9.59 Å². The molecule has 126 valence electrons. The molecule has 0 saturated carbocycles. The molecule has 1 unspecified atom stereocenters. The predicted molar refractivity (Wildman–Crippen MR) is 83.0 cm³/mol. The summed E-state index contributed by atoms with van der Waals surface area (Å²) in [5.74, 6) is -2.11. The Morgan fingerprint density at radius 2 is 2.09 bits per heavy atom. The second-order valence-electron chi connectivity index (χ2n) is 5.92. The number of likely N-dealkylation sites (tertiary alicyclic amines) is 1. The van der Waals surface area contributed by atoms with Gasteiger partial charge in [-0.05, 0) is 44.7 Å². The van der Waals surface area contributed by atoms with E-state index in [-0.39, 0.29) is 24.1 Å². The van der Waals surface area contributed by atoms with Gasteiger partial charge >= 0.3 is 0 Å². The lowest BCUT2D eigenvalue weighted by atomic mass is 10.0. The van der Waals surface area contributed by atoms with Crippen LogP contribution in [-0.2, 0) is 4.79 Å². The number of benzene rings is 1. The van der Waals surface area contributed by atoms with Gasteiger partial charge in [0.15, 0.2) is 0 Å². The van der Waals surface area contributed by atoms with Gasteiger partial charge in [-0.2, -0.15) is 0 Å². The van der Waals surface area contributed by atoms with Crippen LogP contribution in [0.25, 0.3) is 0 Å². The average Bonchev–Trinajstić information content (AvgIpc) is 2.51. The van der Waals surface area contributed by atoms with Gasteiger partial charge in [0, 0.05) is 31.6 Å². The first kappa shape index (κ1) is 17.4. The highest BCUT2D eigenvalue weighted by atomic mass is 19.1. The highest BCUT2D eigenvalue weighted by Crippen LogP contribution is 2.17. The van der Waals surface area contributed by atoms with Crippen LogP contribution in [0.3, 0.4) is 0 Å². The van der Waals surface area contributed by atoms with E-state index in [0.717, 1.165) is 37.9 Å². The van der Waals surface area contributed by atoms with E-state index in [2.05, 4.69) is 12.2 Å². The summed E-state index contributed by atoms with van der Waals surface area (Å²) in [5, 5.41) is 2.56. The minimum absolute atomic E-state index is 0.0967. The summed E-state index contributed by atoms with van der Waals surface area (Å²) in [7, 11) is 0. The molecule has 1 aliphatic heterocycles. The van der Waals surface area contributed by atoms with Gasteiger partial charge < -0.3 is 10.2 Å². The average molecular weight is 324 g/mol. The van der Waals surface area contributed by atoms with Crippen LogP contribution in [0.4, 0.5) is 8.78 Å². The maximum atomic E-state index is 13.5. The van der Waals surface area contributed by atoms with Crippen molar-refractivity contribution in [2.45, 2.75) is 45.1 Å². The number of nitrogens with zero attached hydrogens (tertiary/aromatic N) is 1. The summed E-state index contributed by atoms with van der Waals surface area (Å²) in [6.45, 7) is 3.13. The SMILES string of the molecule is CC1CCCCN1C(=O)CCCNC(=O)c1ccc(F)cc1F. The van der Waals surface area contributed by atoms with Crippen LogP contribution in [0.2, 0.25) is 0 Å². The minimum Gasteiger partial charge on any atom is -0.352 e. The van der Waals surface area contributed by atoms with E-state index in [1.54, 1.807) is 0 Å². The Balaban J connectivity index is 1.74. The zero-order chi connectivity index (χ0) is 16.8. The fourth-order valence-corrected chi connectivity index (χ4v) is 2.82. The molecule has 0 spiro atoms. The molecule has 0 bridgehead atoms. The van der Waals surface area contributed by atoms with Crippen molar-refractivity contribution in [2.24, 2.45) is 0 Å². The van der Waals surface area contributed by atoms with E-state index in [4.69, 9.17) is 0 Å². The van der Waals surface area contributed by atoms with Gasteiger partial charge in [0.1, 0.15) is 11.6 Å². The van der Waals surface area contributed by atoms with Crippen molar-refractivity contribution in [3.8, 4) is 0 Å². The largest absolute Gasteiger partial charge is 0.352 e. The molecular weight excluding hydrogens is 302 g/mol. The number of amides is 2. The molecule has 0 aromatic heterocycles. The van der Waals surface area contributed by atoms with Crippen molar-refractivity contribution in [3.05, 3.63) is 35.4 Å². The summed E-state index contributed by atoms with van der Waals surface area (Å²) in [4.78, 5) is 25.8. The second-order valence-corrected chi connectivity index (χ2v) is 5.92. The number of hydrogen-bond acceptors (Lipinski definition) is 2. The second kappa shape index (κ2) is 8.04. The van der Waals surface area contributed by atoms with Gasteiger partial charge in [-0.15, -0.1) is 0 Å². The van der Waals surface area contributed by atoms with Crippen molar-refractivity contribution >= 4 is 11.8 Å². The predicted octanol–water partition coefficient (Wildman–Crippen LogP) is 2.88. The molecule has 1 saturated heterocycles. The Morgan fingerprint density at radius 1 is 1.30 bits per heavy atom. The van der Waals surface area contributed by atoms with Crippen LogP contribution in [0.5, 0.6) is 0 Å². The van der Waals surface area contributed by atoms with Gasteiger partial charge in [-0.1, -0.05) is 0 Å². The summed E-state index contributed by atoms with van der Waals surface area (Å²) in [6.07, 6.45) is 4.08. The topological polar surface area (TPSA) is 49.4 Å². The number of nitrogens with one attached hydrogen (secondary N) is 1. The highest BCUT2D eigenvalue weighted by molar-refractivity contribution is 5.94. The zero-order valence-corrected chi connectivity index (χ0v) is 13.3. The van der Waals surface area contributed by atoms with Crippen LogP contribution in [0.15, 0.2) is 18.2 Å². The van der Waals surface area contributed by atoms with Crippen LogP contribution in [0, 0.1) is 11.6 Å². The maximum absolute atomic E-state index is 13.5.